The monoisotopic (exact) mass is 394 g/mol. The number of aromatic nitrogens is 3. The zero-order valence-electron chi connectivity index (χ0n) is 17.6. The Labute approximate surface area is 172 Å². The van der Waals surface area contributed by atoms with Crippen LogP contribution in [-0.2, 0) is 19.6 Å². The highest BCUT2D eigenvalue weighted by Crippen LogP contribution is 2.19. The third kappa shape index (κ3) is 5.94. The molecule has 3 rings (SSSR count). The second-order valence-corrected chi connectivity index (χ2v) is 7.45. The summed E-state index contributed by atoms with van der Waals surface area (Å²) in [5, 5.41) is 6.61. The van der Waals surface area contributed by atoms with E-state index in [1.54, 1.807) is 6.26 Å². The zero-order chi connectivity index (χ0) is 20.6. The molecule has 0 saturated heterocycles. The molecule has 2 aromatic heterocycles. The SMILES string of the molecule is CCNC(=NCc1coc(-c2ccc(C)cc2)n1)NCc1nccn1CC(C)C. The summed E-state index contributed by atoms with van der Waals surface area (Å²) in [5.74, 6) is 2.91. The summed E-state index contributed by atoms with van der Waals surface area (Å²) in [5.41, 5.74) is 2.97. The molecule has 2 heterocycles. The molecule has 0 unspecified atom stereocenters. The van der Waals surface area contributed by atoms with Crippen LogP contribution in [-0.4, -0.2) is 27.0 Å². The lowest BCUT2D eigenvalue weighted by Crippen LogP contribution is -2.37. The minimum absolute atomic E-state index is 0.436. The average Bonchev–Trinajstić information content (AvgIpc) is 3.34. The van der Waals surface area contributed by atoms with Crippen molar-refractivity contribution in [2.45, 2.75) is 47.3 Å². The van der Waals surface area contributed by atoms with Gasteiger partial charge in [-0.15, -0.1) is 0 Å². The standard InChI is InChI=1S/C22H30N6O/c1-5-23-22(26-13-20-24-10-11-28(20)14-16(2)3)25-12-19-15-29-21(27-19)18-8-6-17(4)7-9-18/h6-11,15-16H,5,12-14H2,1-4H3,(H2,23,25,26). The minimum Gasteiger partial charge on any atom is -0.444 e. The van der Waals surface area contributed by atoms with E-state index in [1.165, 1.54) is 5.56 Å². The summed E-state index contributed by atoms with van der Waals surface area (Å²) < 4.78 is 7.79. The number of oxazole rings is 1. The van der Waals surface area contributed by atoms with Crippen molar-refractivity contribution >= 4 is 5.96 Å². The van der Waals surface area contributed by atoms with Gasteiger partial charge in [0, 0.05) is 31.0 Å². The van der Waals surface area contributed by atoms with Gasteiger partial charge in [-0.05, 0) is 31.9 Å². The van der Waals surface area contributed by atoms with E-state index in [1.807, 2.05) is 43.6 Å². The summed E-state index contributed by atoms with van der Waals surface area (Å²) >= 11 is 0. The van der Waals surface area contributed by atoms with Crippen LogP contribution in [0.1, 0.15) is 37.9 Å². The molecule has 7 nitrogen and oxygen atoms in total. The van der Waals surface area contributed by atoms with Crippen LogP contribution < -0.4 is 10.6 Å². The van der Waals surface area contributed by atoms with Crippen molar-refractivity contribution in [1.82, 2.24) is 25.2 Å². The van der Waals surface area contributed by atoms with E-state index in [0.717, 1.165) is 36.1 Å². The summed E-state index contributed by atoms with van der Waals surface area (Å²) in [6.45, 7) is 11.3. The number of nitrogens with zero attached hydrogens (tertiary/aromatic N) is 4. The summed E-state index contributed by atoms with van der Waals surface area (Å²) in [4.78, 5) is 13.6. The molecule has 154 valence electrons. The van der Waals surface area contributed by atoms with Gasteiger partial charge in [0.05, 0.1) is 13.1 Å². The van der Waals surface area contributed by atoms with E-state index in [2.05, 4.69) is 50.9 Å². The maximum absolute atomic E-state index is 5.62. The van der Waals surface area contributed by atoms with Gasteiger partial charge < -0.3 is 19.6 Å². The molecule has 0 amide bonds. The molecule has 0 bridgehead atoms. The minimum atomic E-state index is 0.436. The van der Waals surface area contributed by atoms with Gasteiger partial charge in [0.2, 0.25) is 5.89 Å². The Balaban J connectivity index is 1.62. The number of aryl methyl sites for hydroxylation is 1. The van der Waals surface area contributed by atoms with Crippen molar-refractivity contribution in [2.75, 3.05) is 6.54 Å². The topological polar surface area (TPSA) is 80.3 Å². The van der Waals surface area contributed by atoms with Crippen molar-refractivity contribution in [3.05, 3.63) is 60.0 Å². The molecule has 0 aliphatic rings. The number of rotatable bonds is 8. The van der Waals surface area contributed by atoms with Crippen molar-refractivity contribution in [3.63, 3.8) is 0 Å². The van der Waals surface area contributed by atoms with Crippen LogP contribution in [0, 0.1) is 12.8 Å². The Morgan fingerprint density at radius 3 is 2.72 bits per heavy atom. The average molecular weight is 395 g/mol. The third-order valence-corrected chi connectivity index (χ3v) is 4.37. The fourth-order valence-corrected chi connectivity index (χ4v) is 2.94. The first-order valence-electron chi connectivity index (χ1n) is 10.1. The molecule has 0 aliphatic heterocycles. The number of aliphatic imine (C=N–C) groups is 1. The molecule has 2 N–H and O–H groups in total. The second kappa shape index (κ2) is 9.91. The van der Waals surface area contributed by atoms with Crippen molar-refractivity contribution in [1.29, 1.82) is 0 Å². The van der Waals surface area contributed by atoms with E-state index in [9.17, 15) is 0 Å². The fraction of sp³-hybridized carbons (Fsp3) is 0.409. The van der Waals surface area contributed by atoms with Gasteiger partial charge in [-0.25, -0.2) is 15.0 Å². The predicted octanol–water partition coefficient (Wildman–Crippen LogP) is 3.76. The predicted molar refractivity (Wildman–Crippen MR) is 115 cm³/mol. The molecular formula is C22H30N6O. The Kier molecular flexibility index (Phi) is 7.05. The third-order valence-electron chi connectivity index (χ3n) is 4.37. The van der Waals surface area contributed by atoms with Crippen molar-refractivity contribution in [3.8, 4) is 11.5 Å². The molecule has 1 aromatic carbocycles. The van der Waals surface area contributed by atoms with Crippen molar-refractivity contribution < 1.29 is 4.42 Å². The van der Waals surface area contributed by atoms with E-state index in [4.69, 9.17) is 4.42 Å². The number of guanidine groups is 1. The Hall–Kier alpha value is -3.09. The van der Waals surface area contributed by atoms with Gasteiger partial charge in [0.25, 0.3) is 0 Å². The van der Waals surface area contributed by atoms with Gasteiger partial charge in [0.15, 0.2) is 5.96 Å². The summed E-state index contributed by atoms with van der Waals surface area (Å²) in [6, 6.07) is 8.12. The molecule has 29 heavy (non-hydrogen) atoms. The Morgan fingerprint density at radius 2 is 2.00 bits per heavy atom. The molecule has 7 heteroatoms. The van der Waals surface area contributed by atoms with Crippen LogP contribution in [0.3, 0.4) is 0 Å². The van der Waals surface area contributed by atoms with Crippen LogP contribution in [0.2, 0.25) is 0 Å². The lowest BCUT2D eigenvalue weighted by atomic mass is 10.1. The lowest BCUT2D eigenvalue weighted by Gasteiger charge is -2.13. The molecular weight excluding hydrogens is 364 g/mol. The van der Waals surface area contributed by atoms with Gasteiger partial charge in [-0.3, -0.25) is 0 Å². The number of nitrogens with one attached hydrogen (secondary N) is 2. The van der Waals surface area contributed by atoms with Crippen LogP contribution in [0.4, 0.5) is 0 Å². The van der Waals surface area contributed by atoms with E-state index in [0.29, 0.717) is 24.9 Å². The first-order chi connectivity index (χ1) is 14.0. The van der Waals surface area contributed by atoms with Gasteiger partial charge in [-0.2, -0.15) is 0 Å². The van der Waals surface area contributed by atoms with Crippen molar-refractivity contribution in [2.24, 2.45) is 10.9 Å². The smallest absolute Gasteiger partial charge is 0.226 e. The summed E-state index contributed by atoms with van der Waals surface area (Å²) in [7, 11) is 0. The van der Waals surface area contributed by atoms with Gasteiger partial charge in [0.1, 0.15) is 17.8 Å². The van der Waals surface area contributed by atoms with Gasteiger partial charge in [-0.1, -0.05) is 31.5 Å². The molecule has 0 saturated carbocycles. The summed E-state index contributed by atoms with van der Waals surface area (Å²) in [6.07, 6.45) is 5.52. The molecule has 0 aliphatic carbocycles. The molecule has 0 spiro atoms. The van der Waals surface area contributed by atoms with Crippen LogP contribution in [0.25, 0.3) is 11.5 Å². The molecule has 0 radical (unpaired) electrons. The molecule has 0 atom stereocenters. The first kappa shape index (κ1) is 20.6. The lowest BCUT2D eigenvalue weighted by molar-refractivity contribution is 0.503. The second-order valence-electron chi connectivity index (χ2n) is 7.45. The highest BCUT2D eigenvalue weighted by Gasteiger charge is 2.08. The highest BCUT2D eigenvalue weighted by molar-refractivity contribution is 5.79. The van der Waals surface area contributed by atoms with E-state index >= 15 is 0 Å². The first-order valence-corrected chi connectivity index (χ1v) is 10.1. The van der Waals surface area contributed by atoms with E-state index < -0.39 is 0 Å². The van der Waals surface area contributed by atoms with Crippen LogP contribution in [0.5, 0.6) is 0 Å². The number of imidazole rings is 1. The maximum atomic E-state index is 5.62. The van der Waals surface area contributed by atoms with E-state index in [-0.39, 0.29) is 0 Å². The fourth-order valence-electron chi connectivity index (χ4n) is 2.94. The zero-order valence-corrected chi connectivity index (χ0v) is 17.6. The quantitative estimate of drug-likeness (QED) is 0.449. The number of hydrogen-bond acceptors (Lipinski definition) is 4. The van der Waals surface area contributed by atoms with Gasteiger partial charge >= 0.3 is 0 Å². The Morgan fingerprint density at radius 1 is 1.21 bits per heavy atom. The maximum Gasteiger partial charge on any atom is 0.226 e. The van der Waals surface area contributed by atoms with Crippen LogP contribution >= 0.6 is 0 Å². The highest BCUT2D eigenvalue weighted by atomic mass is 16.3. The number of benzene rings is 1. The van der Waals surface area contributed by atoms with Crippen LogP contribution in [0.15, 0.2) is 52.3 Å². The molecule has 3 aromatic rings. The largest absolute Gasteiger partial charge is 0.444 e. The normalized spacial score (nSPS) is 11.8. The Bertz CT molecular complexity index is 923. The molecule has 0 fully saturated rings. The number of hydrogen-bond donors (Lipinski definition) is 2.